The maximum absolute atomic E-state index is 12.3. The van der Waals surface area contributed by atoms with Crippen molar-refractivity contribution in [2.24, 2.45) is 0 Å². The van der Waals surface area contributed by atoms with Crippen molar-refractivity contribution >= 4 is 21.1 Å². The second-order valence-corrected chi connectivity index (χ2v) is 6.27. The van der Waals surface area contributed by atoms with Crippen LogP contribution in [0.1, 0.15) is 11.3 Å². The number of hydrogen-bond donors (Lipinski definition) is 2. The third-order valence-corrected chi connectivity index (χ3v) is 4.57. The summed E-state index contributed by atoms with van der Waals surface area (Å²) in [5, 5.41) is 0. The van der Waals surface area contributed by atoms with Gasteiger partial charge in [-0.15, -0.1) is 0 Å². The van der Waals surface area contributed by atoms with Crippen LogP contribution >= 0.6 is 0 Å². The Morgan fingerprint density at radius 3 is 2.86 bits per heavy atom. The molecule has 0 radical (unpaired) electrons. The fourth-order valence-electron chi connectivity index (χ4n) is 2.03. The highest BCUT2D eigenvalue weighted by Crippen LogP contribution is 2.21. The minimum atomic E-state index is -3.74. The number of benzene rings is 1. The molecule has 0 fully saturated rings. The Morgan fingerprint density at radius 2 is 2.14 bits per heavy atom. The summed E-state index contributed by atoms with van der Waals surface area (Å²) in [4.78, 5) is 13.7. The molecule has 0 aliphatic carbocycles. The molecule has 0 saturated heterocycles. The van der Waals surface area contributed by atoms with E-state index in [1.807, 2.05) is 0 Å². The molecule has 0 aliphatic heterocycles. The highest BCUT2D eigenvalue weighted by atomic mass is 32.2. The van der Waals surface area contributed by atoms with E-state index in [9.17, 15) is 13.2 Å². The first-order valence-corrected chi connectivity index (χ1v) is 7.59. The van der Waals surface area contributed by atoms with Crippen LogP contribution in [0.2, 0.25) is 0 Å². The van der Waals surface area contributed by atoms with Crippen molar-refractivity contribution in [1.82, 2.24) is 9.71 Å². The van der Waals surface area contributed by atoms with E-state index in [4.69, 9.17) is 8.83 Å². The molecule has 110 valence electrons. The molecule has 1 aromatic carbocycles. The molecule has 0 atom stereocenters. The molecule has 2 N–H and O–H groups in total. The molecule has 0 bridgehead atoms. The number of oxazole rings is 1. The van der Waals surface area contributed by atoms with E-state index in [0.29, 0.717) is 16.8 Å². The summed E-state index contributed by atoms with van der Waals surface area (Å²) >= 11 is 0. The third-order valence-electron chi connectivity index (χ3n) is 3.02. The molecule has 3 aromatic rings. The number of aryl methyl sites for hydroxylation is 1. The molecule has 0 saturated carbocycles. The normalized spacial score (nSPS) is 12.0. The lowest BCUT2D eigenvalue weighted by atomic mass is 10.2. The Hall–Kier alpha value is -2.32. The lowest BCUT2D eigenvalue weighted by Crippen LogP contribution is -2.23. The smallest absolute Gasteiger partial charge is 0.417 e. The maximum Gasteiger partial charge on any atom is 0.417 e. The topological polar surface area (TPSA) is 105 Å². The van der Waals surface area contributed by atoms with Crippen molar-refractivity contribution < 1.29 is 17.3 Å². The molecule has 0 spiro atoms. The van der Waals surface area contributed by atoms with Crippen LogP contribution in [0.25, 0.3) is 11.1 Å². The quantitative estimate of drug-likeness (QED) is 0.760. The molecular weight excluding hydrogens is 296 g/mol. The minimum absolute atomic E-state index is 0.0455. The van der Waals surface area contributed by atoms with Gasteiger partial charge in [0, 0.05) is 6.07 Å². The summed E-state index contributed by atoms with van der Waals surface area (Å²) in [7, 11) is -3.74. The second kappa shape index (κ2) is 4.90. The summed E-state index contributed by atoms with van der Waals surface area (Å²) in [6.45, 7) is 1.69. The van der Waals surface area contributed by atoms with E-state index in [1.165, 1.54) is 12.3 Å². The van der Waals surface area contributed by atoms with Crippen molar-refractivity contribution in [3.8, 4) is 0 Å². The van der Waals surface area contributed by atoms with Gasteiger partial charge in [0.1, 0.15) is 5.76 Å². The monoisotopic (exact) mass is 308 g/mol. The lowest BCUT2D eigenvalue weighted by Gasteiger charge is -2.08. The summed E-state index contributed by atoms with van der Waals surface area (Å²) in [5.41, 5.74) is 1.16. The SMILES string of the molecule is Cc1cc2[nH]c(=O)oc2cc1S(=O)(=O)NCc1ccco1. The van der Waals surface area contributed by atoms with Gasteiger partial charge in [-0.05, 0) is 30.7 Å². The van der Waals surface area contributed by atoms with Crippen molar-refractivity contribution in [3.05, 3.63) is 52.4 Å². The molecule has 0 unspecified atom stereocenters. The lowest BCUT2D eigenvalue weighted by molar-refractivity contribution is 0.498. The average molecular weight is 308 g/mol. The van der Waals surface area contributed by atoms with Crippen LogP contribution < -0.4 is 10.5 Å². The van der Waals surface area contributed by atoms with Crippen LogP contribution in [0.5, 0.6) is 0 Å². The van der Waals surface area contributed by atoms with Gasteiger partial charge in [-0.3, -0.25) is 4.98 Å². The fourth-order valence-corrected chi connectivity index (χ4v) is 3.27. The molecule has 0 aliphatic rings. The van der Waals surface area contributed by atoms with Gasteiger partial charge in [0.2, 0.25) is 10.0 Å². The third kappa shape index (κ3) is 2.63. The fraction of sp³-hybridized carbons (Fsp3) is 0.154. The van der Waals surface area contributed by atoms with E-state index >= 15 is 0 Å². The Morgan fingerprint density at radius 1 is 1.33 bits per heavy atom. The van der Waals surface area contributed by atoms with Gasteiger partial charge in [0.15, 0.2) is 5.58 Å². The highest BCUT2D eigenvalue weighted by molar-refractivity contribution is 7.89. The van der Waals surface area contributed by atoms with Crippen LogP contribution in [0, 0.1) is 6.92 Å². The van der Waals surface area contributed by atoms with Gasteiger partial charge in [-0.1, -0.05) is 0 Å². The van der Waals surface area contributed by atoms with Crippen LogP contribution in [0.4, 0.5) is 0 Å². The Labute approximate surface area is 119 Å². The number of rotatable bonds is 4. The van der Waals surface area contributed by atoms with Gasteiger partial charge in [0.25, 0.3) is 0 Å². The number of aromatic nitrogens is 1. The van der Waals surface area contributed by atoms with Crippen molar-refractivity contribution in [2.75, 3.05) is 0 Å². The van der Waals surface area contributed by atoms with Gasteiger partial charge in [0.05, 0.1) is 23.2 Å². The van der Waals surface area contributed by atoms with Gasteiger partial charge in [-0.2, -0.15) is 0 Å². The largest absolute Gasteiger partial charge is 0.468 e. The number of nitrogens with one attached hydrogen (secondary N) is 2. The molecule has 3 rings (SSSR count). The van der Waals surface area contributed by atoms with E-state index in [2.05, 4.69) is 9.71 Å². The van der Waals surface area contributed by atoms with Crippen LogP contribution in [0.3, 0.4) is 0 Å². The summed E-state index contributed by atoms with van der Waals surface area (Å²) in [5.74, 6) is -0.118. The zero-order chi connectivity index (χ0) is 15.0. The average Bonchev–Trinajstić information content (AvgIpc) is 3.03. The van der Waals surface area contributed by atoms with E-state index < -0.39 is 15.8 Å². The standard InChI is InChI=1S/C13H12N2O5S/c1-8-5-10-11(20-13(16)15-10)6-12(8)21(17,18)14-7-9-3-2-4-19-9/h2-6,14H,7H2,1H3,(H,15,16). The highest BCUT2D eigenvalue weighted by Gasteiger charge is 2.19. The van der Waals surface area contributed by atoms with E-state index in [0.717, 1.165) is 0 Å². The molecular formula is C13H12N2O5S. The molecule has 21 heavy (non-hydrogen) atoms. The van der Waals surface area contributed by atoms with Gasteiger partial charge < -0.3 is 8.83 Å². The van der Waals surface area contributed by atoms with Crippen LogP contribution in [0.15, 0.2) is 49.1 Å². The maximum atomic E-state index is 12.3. The van der Waals surface area contributed by atoms with Gasteiger partial charge in [-0.25, -0.2) is 17.9 Å². The first kappa shape index (κ1) is 13.7. The predicted octanol–water partition coefficient (Wildman–Crippen LogP) is 1.50. The summed E-state index contributed by atoms with van der Waals surface area (Å²) in [6.07, 6.45) is 1.47. The molecule has 2 heterocycles. The summed E-state index contributed by atoms with van der Waals surface area (Å²) < 4.78 is 37.0. The molecule has 2 aromatic heterocycles. The van der Waals surface area contributed by atoms with E-state index in [-0.39, 0.29) is 17.0 Å². The van der Waals surface area contributed by atoms with Gasteiger partial charge >= 0.3 is 5.76 Å². The van der Waals surface area contributed by atoms with Crippen molar-refractivity contribution in [3.63, 3.8) is 0 Å². The zero-order valence-corrected chi connectivity index (χ0v) is 11.9. The van der Waals surface area contributed by atoms with Crippen molar-refractivity contribution in [1.29, 1.82) is 0 Å². The molecule has 0 amide bonds. The first-order chi connectivity index (χ1) is 9.95. The Bertz CT molecular complexity index is 935. The first-order valence-electron chi connectivity index (χ1n) is 6.11. The van der Waals surface area contributed by atoms with Crippen LogP contribution in [-0.4, -0.2) is 13.4 Å². The number of fused-ring (bicyclic) bond motifs is 1. The number of furan rings is 1. The van der Waals surface area contributed by atoms with Crippen molar-refractivity contribution in [2.45, 2.75) is 18.4 Å². The number of hydrogen-bond acceptors (Lipinski definition) is 5. The molecule has 8 heteroatoms. The van der Waals surface area contributed by atoms with E-state index in [1.54, 1.807) is 25.1 Å². The second-order valence-electron chi connectivity index (χ2n) is 4.53. The predicted molar refractivity (Wildman–Crippen MR) is 74.3 cm³/mol. The number of aromatic amines is 1. The Balaban J connectivity index is 1.97. The number of sulfonamides is 1. The molecule has 7 nitrogen and oxygen atoms in total. The minimum Gasteiger partial charge on any atom is -0.468 e. The zero-order valence-electron chi connectivity index (χ0n) is 11.0. The summed E-state index contributed by atoms with van der Waals surface area (Å²) in [6, 6.07) is 6.23. The number of H-pyrrole nitrogens is 1. The van der Waals surface area contributed by atoms with Crippen LogP contribution in [-0.2, 0) is 16.6 Å². The Kier molecular flexibility index (Phi) is 3.19.